The van der Waals surface area contributed by atoms with Gasteiger partial charge in [-0.2, -0.15) is 0 Å². The third kappa shape index (κ3) is 3.24. The van der Waals surface area contributed by atoms with E-state index in [9.17, 15) is 4.39 Å². The SMILES string of the molecule is CCC(CN)(Cc1ccccc1)N(C)c1ccccc1F. The summed E-state index contributed by atoms with van der Waals surface area (Å²) in [6.07, 6.45) is 1.65. The van der Waals surface area contributed by atoms with E-state index in [1.807, 2.05) is 36.2 Å². The van der Waals surface area contributed by atoms with E-state index in [-0.39, 0.29) is 11.4 Å². The van der Waals surface area contributed by atoms with Gasteiger partial charge in [-0.05, 0) is 30.5 Å². The van der Waals surface area contributed by atoms with Gasteiger partial charge in [0.2, 0.25) is 0 Å². The average Bonchev–Trinajstić information content (AvgIpc) is 2.53. The molecule has 0 aliphatic heterocycles. The van der Waals surface area contributed by atoms with E-state index in [1.165, 1.54) is 11.6 Å². The van der Waals surface area contributed by atoms with E-state index in [4.69, 9.17) is 5.73 Å². The van der Waals surface area contributed by atoms with Gasteiger partial charge in [0.15, 0.2) is 0 Å². The van der Waals surface area contributed by atoms with Crippen LogP contribution in [0.5, 0.6) is 0 Å². The van der Waals surface area contributed by atoms with Crippen LogP contribution >= 0.6 is 0 Å². The smallest absolute Gasteiger partial charge is 0.146 e. The Balaban J connectivity index is 2.35. The van der Waals surface area contributed by atoms with Gasteiger partial charge in [0.1, 0.15) is 5.82 Å². The molecule has 3 heteroatoms. The first-order valence-electron chi connectivity index (χ1n) is 7.35. The predicted octanol–water partition coefficient (Wildman–Crippen LogP) is 3.61. The molecular weight excluding hydrogens is 263 g/mol. The van der Waals surface area contributed by atoms with Gasteiger partial charge in [-0.3, -0.25) is 0 Å². The van der Waals surface area contributed by atoms with Gasteiger partial charge in [-0.25, -0.2) is 4.39 Å². The van der Waals surface area contributed by atoms with Crippen LogP contribution in [0.1, 0.15) is 18.9 Å². The van der Waals surface area contributed by atoms with Gasteiger partial charge in [0, 0.05) is 13.6 Å². The molecule has 0 aliphatic rings. The molecule has 0 fully saturated rings. The Bertz CT molecular complexity index is 564. The van der Waals surface area contributed by atoms with Crippen LogP contribution in [0.15, 0.2) is 54.6 Å². The number of nitrogens with two attached hydrogens (primary N) is 1. The van der Waals surface area contributed by atoms with Crippen LogP contribution in [0.2, 0.25) is 0 Å². The zero-order valence-corrected chi connectivity index (χ0v) is 12.7. The standard InChI is InChI=1S/C18H23FN2/c1-3-18(14-20,13-15-9-5-4-6-10-15)21(2)17-12-8-7-11-16(17)19/h4-12H,3,13-14,20H2,1-2H3. The molecule has 0 spiro atoms. The molecule has 112 valence electrons. The minimum Gasteiger partial charge on any atom is -0.365 e. The summed E-state index contributed by atoms with van der Waals surface area (Å²) in [6.45, 7) is 2.58. The number of likely N-dealkylation sites (N-methyl/N-ethyl adjacent to an activating group) is 1. The molecule has 2 aromatic rings. The lowest BCUT2D eigenvalue weighted by molar-refractivity contribution is 0.391. The maximum Gasteiger partial charge on any atom is 0.146 e. The Morgan fingerprint density at radius 3 is 2.24 bits per heavy atom. The monoisotopic (exact) mass is 286 g/mol. The maximum absolute atomic E-state index is 14.1. The Kier molecular flexibility index (Phi) is 4.97. The molecule has 0 bridgehead atoms. The lowest BCUT2D eigenvalue weighted by Crippen LogP contribution is -2.54. The molecule has 2 rings (SSSR count). The van der Waals surface area contributed by atoms with Gasteiger partial charge in [-0.15, -0.1) is 0 Å². The highest BCUT2D eigenvalue weighted by Gasteiger charge is 2.33. The molecule has 2 aromatic carbocycles. The second-order valence-electron chi connectivity index (χ2n) is 5.45. The minimum absolute atomic E-state index is 0.209. The van der Waals surface area contributed by atoms with E-state index < -0.39 is 0 Å². The number of rotatable bonds is 6. The average molecular weight is 286 g/mol. The summed E-state index contributed by atoms with van der Waals surface area (Å²) in [5, 5.41) is 0. The van der Waals surface area contributed by atoms with Gasteiger partial charge in [-0.1, -0.05) is 49.4 Å². The molecular formula is C18H23FN2. The summed E-state index contributed by atoms with van der Waals surface area (Å²) < 4.78 is 14.1. The third-order valence-corrected chi connectivity index (χ3v) is 4.34. The molecule has 21 heavy (non-hydrogen) atoms. The molecule has 0 heterocycles. The summed E-state index contributed by atoms with van der Waals surface area (Å²) in [5.41, 5.74) is 7.62. The van der Waals surface area contributed by atoms with Crippen molar-refractivity contribution >= 4 is 5.69 Å². The minimum atomic E-state index is -0.288. The van der Waals surface area contributed by atoms with Crippen molar-refractivity contribution in [2.24, 2.45) is 5.73 Å². The molecule has 0 aromatic heterocycles. The fraction of sp³-hybridized carbons (Fsp3) is 0.333. The number of hydrogen-bond donors (Lipinski definition) is 1. The normalized spacial score (nSPS) is 13.7. The quantitative estimate of drug-likeness (QED) is 0.879. The van der Waals surface area contributed by atoms with Crippen LogP contribution in [-0.4, -0.2) is 19.1 Å². The fourth-order valence-electron chi connectivity index (χ4n) is 2.79. The molecule has 1 unspecified atom stereocenters. The first kappa shape index (κ1) is 15.5. The summed E-state index contributed by atoms with van der Waals surface area (Å²) in [5.74, 6) is -0.209. The first-order chi connectivity index (χ1) is 10.1. The fourth-order valence-corrected chi connectivity index (χ4v) is 2.79. The van der Waals surface area contributed by atoms with Crippen LogP contribution in [0, 0.1) is 5.82 Å². The van der Waals surface area contributed by atoms with Crippen molar-refractivity contribution in [3.8, 4) is 0 Å². The zero-order chi connectivity index (χ0) is 15.3. The van der Waals surface area contributed by atoms with E-state index in [0.29, 0.717) is 12.2 Å². The topological polar surface area (TPSA) is 29.3 Å². The Hall–Kier alpha value is -1.87. The van der Waals surface area contributed by atoms with Crippen molar-refractivity contribution in [2.75, 3.05) is 18.5 Å². The molecule has 0 amide bonds. The van der Waals surface area contributed by atoms with Crippen molar-refractivity contribution in [3.05, 3.63) is 66.0 Å². The molecule has 0 saturated carbocycles. The Morgan fingerprint density at radius 1 is 1.05 bits per heavy atom. The number of anilines is 1. The van der Waals surface area contributed by atoms with Crippen LogP contribution in [0.3, 0.4) is 0 Å². The second-order valence-corrected chi connectivity index (χ2v) is 5.45. The highest BCUT2D eigenvalue weighted by molar-refractivity contribution is 5.50. The number of nitrogens with zero attached hydrogens (tertiary/aromatic N) is 1. The van der Waals surface area contributed by atoms with Crippen LogP contribution in [0.4, 0.5) is 10.1 Å². The van der Waals surface area contributed by atoms with E-state index in [2.05, 4.69) is 19.1 Å². The Labute approximate surface area is 126 Å². The molecule has 0 saturated heterocycles. The van der Waals surface area contributed by atoms with Gasteiger partial charge in [0.05, 0.1) is 11.2 Å². The van der Waals surface area contributed by atoms with Crippen molar-refractivity contribution < 1.29 is 4.39 Å². The summed E-state index contributed by atoms with van der Waals surface area (Å²) in [4.78, 5) is 2.00. The van der Waals surface area contributed by atoms with Gasteiger partial charge in [0.25, 0.3) is 0 Å². The molecule has 1 atom stereocenters. The van der Waals surface area contributed by atoms with Crippen molar-refractivity contribution in [3.63, 3.8) is 0 Å². The van der Waals surface area contributed by atoms with Crippen molar-refractivity contribution in [2.45, 2.75) is 25.3 Å². The second kappa shape index (κ2) is 6.72. The summed E-state index contributed by atoms with van der Waals surface area (Å²) in [7, 11) is 1.93. The van der Waals surface area contributed by atoms with Gasteiger partial charge < -0.3 is 10.6 Å². The van der Waals surface area contributed by atoms with Crippen LogP contribution < -0.4 is 10.6 Å². The lowest BCUT2D eigenvalue weighted by atomic mass is 9.86. The predicted molar refractivity (Wildman–Crippen MR) is 87.0 cm³/mol. The van der Waals surface area contributed by atoms with E-state index >= 15 is 0 Å². The molecule has 0 aliphatic carbocycles. The first-order valence-corrected chi connectivity index (χ1v) is 7.35. The highest BCUT2D eigenvalue weighted by atomic mass is 19.1. The number of hydrogen-bond acceptors (Lipinski definition) is 2. The number of benzene rings is 2. The number of para-hydroxylation sites is 1. The number of halogens is 1. The lowest BCUT2D eigenvalue weighted by Gasteiger charge is -2.42. The zero-order valence-electron chi connectivity index (χ0n) is 12.7. The van der Waals surface area contributed by atoms with Crippen molar-refractivity contribution in [1.29, 1.82) is 0 Å². The van der Waals surface area contributed by atoms with Crippen LogP contribution in [0.25, 0.3) is 0 Å². The van der Waals surface area contributed by atoms with Crippen molar-refractivity contribution in [1.82, 2.24) is 0 Å². The third-order valence-electron chi connectivity index (χ3n) is 4.34. The molecule has 2 nitrogen and oxygen atoms in total. The summed E-state index contributed by atoms with van der Waals surface area (Å²) in [6, 6.07) is 17.1. The highest BCUT2D eigenvalue weighted by Crippen LogP contribution is 2.30. The van der Waals surface area contributed by atoms with Crippen LogP contribution in [-0.2, 0) is 6.42 Å². The maximum atomic E-state index is 14.1. The van der Waals surface area contributed by atoms with E-state index in [1.54, 1.807) is 12.1 Å². The largest absolute Gasteiger partial charge is 0.365 e. The summed E-state index contributed by atoms with van der Waals surface area (Å²) >= 11 is 0. The molecule has 0 radical (unpaired) electrons. The molecule has 2 N–H and O–H groups in total. The van der Waals surface area contributed by atoms with Gasteiger partial charge >= 0.3 is 0 Å². The Morgan fingerprint density at radius 2 is 1.67 bits per heavy atom. The van der Waals surface area contributed by atoms with E-state index in [0.717, 1.165) is 12.8 Å².